The number of anilines is 1. The molecule has 0 aliphatic rings. The molecule has 2 heterocycles. The van der Waals surface area contributed by atoms with Gasteiger partial charge in [0.1, 0.15) is 11.0 Å². The summed E-state index contributed by atoms with van der Waals surface area (Å²) in [6.07, 6.45) is 0. The maximum absolute atomic E-state index is 5.65. The van der Waals surface area contributed by atoms with Gasteiger partial charge in [0.2, 0.25) is 0 Å². The molecule has 0 fully saturated rings. The van der Waals surface area contributed by atoms with E-state index in [0.717, 1.165) is 11.1 Å². The van der Waals surface area contributed by atoms with E-state index in [2.05, 4.69) is 10.1 Å². The van der Waals surface area contributed by atoms with Crippen LogP contribution >= 0.6 is 11.6 Å². The quantitative estimate of drug-likeness (QED) is 0.633. The molecule has 0 atom stereocenters. The van der Waals surface area contributed by atoms with Gasteiger partial charge in [0.05, 0.1) is 11.1 Å². The van der Waals surface area contributed by atoms with E-state index in [1.165, 1.54) is 0 Å². The van der Waals surface area contributed by atoms with E-state index in [9.17, 15) is 0 Å². The van der Waals surface area contributed by atoms with Gasteiger partial charge in [0.25, 0.3) is 0 Å². The lowest BCUT2D eigenvalue weighted by atomic mass is 10.2. The van der Waals surface area contributed by atoms with E-state index in [1.807, 2.05) is 0 Å². The number of fused-ring (bicyclic) bond motifs is 1. The predicted octanol–water partition coefficient (Wildman–Crippen LogP) is 1.77. The van der Waals surface area contributed by atoms with Gasteiger partial charge in [-0.2, -0.15) is 0 Å². The summed E-state index contributed by atoms with van der Waals surface area (Å²) >= 11 is 5.65. The Morgan fingerprint density at radius 3 is 3.08 bits per heavy atom. The van der Waals surface area contributed by atoms with Crippen molar-refractivity contribution in [3.8, 4) is 0 Å². The van der Waals surface area contributed by atoms with Crippen LogP contribution in [0.25, 0.3) is 11.0 Å². The first-order chi connectivity index (χ1) is 5.68. The number of nitrogens with zero attached hydrogens (tertiary/aromatic N) is 2. The first kappa shape index (κ1) is 7.36. The van der Waals surface area contributed by atoms with Crippen molar-refractivity contribution in [2.45, 2.75) is 6.92 Å². The zero-order valence-corrected chi connectivity index (χ0v) is 7.09. The van der Waals surface area contributed by atoms with Gasteiger partial charge in [-0.25, -0.2) is 4.98 Å². The Hall–Kier alpha value is -1.29. The van der Waals surface area contributed by atoms with Gasteiger partial charge in [-0.05, 0) is 6.92 Å². The van der Waals surface area contributed by atoms with Gasteiger partial charge in [-0.3, -0.25) is 0 Å². The molecule has 0 saturated heterocycles. The highest BCUT2D eigenvalue weighted by Crippen LogP contribution is 2.24. The average molecular weight is 184 g/mol. The molecule has 62 valence electrons. The minimum absolute atomic E-state index is 0.316. The molecule has 0 aliphatic carbocycles. The normalized spacial score (nSPS) is 10.8. The molecular weight excluding hydrogens is 178 g/mol. The highest BCUT2D eigenvalue weighted by Gasteiger charge is 2.09. The molecule has 0 spiro atoms. The molecule has 0 unspecified atom stereocenters. The number of halogens is 1. The van der Waals surface area contributed by atoms with Crippen LogP contribution in [0.15, 0.2) is 10.6 Å². The van der Waals surface area contributed by atoms with Crippen molar-refractivity contribution in [3.63, 3.8) is 0 Å². The smallest absolute Gasteiger partial charge is 0.173 e. The number of hydrogen-bond donors (Lipinski definition) is 1. The molecule has 2 N–H and O–H groups in total. The summed E-state index contributed by atoms with van der Waals surface area (Å²) in [5, 5.41) is 4.80. The monoisotopic (exact) mass is 183 g/mol. The molecule has 0 bridgehead atoms. The number of pyridine rings is 1. The molecule has 0 radical (unpaired) electrons. The third kappa shape index (κ3) is 0.921. The lowest BCUT2D eigenvalue weighted by Crippen LogP contribution is -1.91. The zero-order chi connectivity index (χ0) is 8.72. The summed E-state index contributed by atoms with van der Waals surface area (Å²) in [6.45, 7) is 1.80. The molecule has 12 heavy (non-hydrogen) atoms. The third-order valence-corrected chi connectivity index (χ3v) is 1.82. The number of hydrogen-bond acceptors (Lipinski definition) is 4. The minimum Gasteiger partial charge on any atom is -0.383 e. The fourth-order valence-electron chi connectivity index (χ4n) is 1.11. The zero-order valence-electron chi connectivity index (χ0n) is 6.34. The highest BCUT2D eigenvalue weighted by molar-refractivity contribution is 6.30. The summed E-state index contributed by atoms with van der Waals surface area (Å²) < 4.78 is 4.96. The topological polar surface area (TPSA) is 64.9 Å². The van der Waals surface area contributed by atoms with Gasteiger partial charge in [0, 0.05) is 6.07 Å². The SMILES string of the molecule is Cc1noc2cc(Cl)nc(N)c12. The molecule has 2 aromatic rings. The molecule has 0 aliphatic heterocycles. The Labute approximate surface area is 73.3 Å². The van der Waals surface area contributed by atoms with E-state index >= 15 is 0 Å². The van der Waals surface area contributed by atoms with Crippen LogP contribution in [0.5, 0.6) is 0 Å². The van der Waals surface area contributed by atoms with Crippen molar-refractivity contribution in [1.29, 1.82) is 0 Å². The van der Waals surface area contributed by atoms with Crippen molar-refractivity contribution < 1.29 is 4.52 Å². The van der Waals surface area contributed by atoms with Crippen LogP contribution in [0.2, 0.25) is 5.15 Å². The van der Waals surface area contributed by atoms with E-state index in [1.54, 1.807) is 13.0 Å². The van der Waals surface area contributed by atoms with Crippen LogP contribution in [0.4, 0.5) is 5.82 Å². The Morgan fingerprint density at radius 2 is 2.33 bits per heavy atom. The number of rotatable bonds is 0. The second-order valence-electron chi connectivity index (χ2n) is 2.47. The third-order valence-electron chi connectivity index (χ3n) is 1.62. The summed E-state index contributed by atoms with van der Waals surface area (Å²) in [5.41, 5.74) is 6.91. The summed E-state index contributed by atoms with van der Waals surface area (Å²) in [6, 6.07) is 1.59. The molecular formula is C7H6ClN3O. The van der Waals surface area contributed by atoms with Crippen LogP contribution in [0, 0.1) is 6.92 Å². The molecule has 2 rings (SSSR count). The maximum atomic E-state index is 5.65. The summed E-state index contributed by atoms with van der Waals surface area (Å²) in [4.78, 5) is 3.88. The number of nitrogen functional groups attached to an aromatic ring is 1. The summed E-state index contributed by atoms with van der Waals surface area (Å²) in [5.74, 6) is 0.358. The lowest BCUT2D eigenvalue weighted by Gasteiger charge is -1.94. The molecule has 0 amide bonds. The molecule has 5 heteroatoms. The molecule has 2 aromatic heterocycles. The van der Waals surface area contributed by atoms with Gasteiger partial charge in [-0.1, -0.05) is 16.8 Å². The lowest BCUT2D eigenvalue weighted by molar-refractivity contribution is 0.450. The first-order valence-electron chi connectivity index (χ1n) is 3.36. The van der Waals surface area contributed by atoms with Crippen molar-refractivity contribution in [2.75, 3.05) is 5.73 Å². The fourth-order valence-corrected chi connectivity index (χ4v) is 1.30. The van der Waals surface area contributed by atoms with Gasteiger partial charge in [-0.15, -0.1) is 0 Å². The molecule has 4 nitrogen and oxygen atoms in total. The number of aromatic nitrogens is 2. The van der Waals surface area contributed by atoms with E-state index in [0.29, 0.717) is 16.6 Å². The standard InChI is InChI=1S/C7H6ClN3O/c1-3-6-4(12-11-3)2-5(8)10-7(6)9/h2H,1H3,(H2,9,10). The van der Waals surface area contributed by atoms with E-state index in [-0.39, 0.29) is 0 Å². The van der Waals surface area contributed by atoms with E-state index < -0.39 is 0 Å². The Kier molecular flexibility index (Phi) is 1.44. The second kappa shape index (κ2) is 2.35. The van der Waals surface area contributed by atoms with Gasteiger partial charge in [0.15, 0.2) is 5.58 Å². The van der Waals surface area contributed by atoms with Crippen molar-refractivity contribution in [1.82, 2.24) is 10.1 Å². The van der Waals surface area contributed by atoms with Crippen LogP contribution in [-0.2, 0) is 0 Å². The Bertz CT molecular complexity index is 437. The van der Waals surface area contributed by atoms with Gasteiger partial charge >= 0.3 is 0 Å². The number of nitrogens with two attached hydrogens (primary N) is 1. The molecule has 0 saturated carbocycles. The Balaban J connectivity index is 2.93. The highest BCUT2D eigenvalue weighted by atomic mass is 35.5. The fraction of sp³-hybridized carbons (Fsp3) is 0.143. The van der Waals surface area contributed by atoms with Crippen molar-refractivity contribution >= 4 is 28.4 Å². The largest absolute Gasteiger partial charge is 0.383 e. The van der Waals surface area contributed by atoms with Crippen molar-refractivity contribution in [3.05, 3.63) is 16.9 Å². The average Bonchev–Trinajstić information content (AvgIpc) is 2.31. The molecule has 0 aromatic carbocycles. The van der Waals surface area contributed by atoms with E-state index in [4.69, 9.17) is 21.9 Å². The maximum Gasteiger partial charge on any atom is 0.173 e. The van der Waals surface area contributed by atoms with Crippen LogP contribution in [0.1, 0.15) is 5.69 Å². The second-order valence-corrected chi connectivity index (χ2v) is 2.86. The Morgan fingerprint density at radius 1 is 1.58 bits per heavy atom. The summed E-state index contributed by atoms with van der Waals surface area (Å²) in [7, 11) is 0. The van der Waals surface area contributed by atoms with Crippen LogP contribution in [-0.4, -0.2) is 10.1 Å². The minimum atomic E-state index is 0.316. The van der Waals surface area contributed by atoms with Crippen molar-refractivity contribution in [2.24, 2.45) is 0 Å². The predicted molar refractivity (Wildman–Crippen MR) is 46.0 cm³/mol. The van der Waals surface area contributed by atoms with Crippen LogP contribution in [0.3, 0.4) is 0 Å². The van der Waals surface area contributed by atoms with Gasteiger partial charge < -0.3 is 10.3 Å². The van der Waals surface area contributed by atoms with Crippen LogP contribution < -0.4 is 5.73 Å². The first-order valence-corrected chi connectivity index (χ1v) is 3.74. The number of aryl methyl sites for hydroxylation is 1.